The summed E-state index contributed by atoms with van der Waals surface area (Å²) in [6.07, 6.45) is 3.15. The molecule has 1 aromatic carbocycles. The fraction of sp³-hybridized carbons (Fsp3) is 0.0556. The number of aryl methyl sites for hydroxylation is 1. The van der Waals surface area contributed by atoms with Gasteiger partial charge in [0.1, 0.15) is 17.2 Å². The van der Waals surface area contributed by atoms with Gasteiger partial charge in [-0.1, -0.05) is 0 Å². The molecule has 0 amide bonds. The summed E-state index contributed by atoms with van der Waals surface area (Å²) in [5.74, 6) is -1.55. The van der Waals surface area contributed by atoms with E-state index in [0.29, 0.717) is 28.3 Å². The predicted octanol–water partition coefficient (Wildman–Crippen LogP) is 4.06. The minimum atomic E-state index is -0.864. The number of halogens is 2. The number of fused-ring (bicyclic) bond motifs is 1. The molecule has 0 unspecified atom stereocenters. The van der Waals surface area contributed by atoms with Crippen molar-refractivity contribution in [1.29, 1.82) is 0 Å². The van der Waals surface area contributed by atoms with Gasteiger partial charge >= 0.3 is 0 Å². The molecule has 0 saturated carbocycles. The summed E-state index contributed by atoms with van der Waals surface area (Å²) >= 11 is 0. The Labute approximate surface area is 152 Å². The summed E-state index contributed by atoms with van der Waals surface area (Å²) in [5, 5.41) is 3.42. The van der Waals surface area contributed by atoms with E-state index < -0.39 is 17.4 Å². The van der Waals surface area contributed by atoms with Crippen LogP contribution in [0.1, 0.15) is 5.69 Å². The number of rotatable bonds is 4. The number of anilines is 3. The minimum Gasteiger partial charge on any atom is -0.450 e. The molecule has 136 valence electrons. The first kappa shape index (κ1) is 16.7. The van der Waals surface area contributed by atoms with E-state index >= 15 is 0 Å². The lowest BCUT2D eigenvalue weighted by Gasteiger charge is -2.12. The number of benzene rings is 1. The molecule has 0 atom stereocenters. The maximum atomic E-state index is 14.5. The van der Waals surface area contributed by atoms with Gasteiger partial charge in [-0.25, -0.2) is 18.7 Å². The quantitative estimate of drug-likeness (QED) is 0.502. The van der Waals surface area contributed by atoms with E-state index in [4.69, 9.17) is 10.5 Å². The number of ether oxygens (including phenoxy) is 1. The van der Waals surface area contributed by atoms with E-state index in [9.17, 15) is 8.78 Å². The summed E-state index contributed by atoms with van der Waals surface area (Å²) in [4.78, 5) is 14.9. The van der Waals surface area contributed by atoms with Crippen molar-refractivity contribution >= 4 is 28.5 Å². The summed E-state index contributed by atoms with van der Waals surface area (Å²) in [7, 11) is 0. The first-order valence-corrected chi connectivity index (χ1v) is 7.97. The normalized spacial score (nSPS) is 10.9. The molecular formula is C18H14F2N6O. The third-order valence-electron chi connectivity index (χ3n) is 3.77. The fourth-order valence-electron chi connectivity index (χ4n) is 2.67. The highest BCUT2D eigenvalue weighted by atomic mass is 19.1. The molecule has 3 heterocycles. The van der Waals surface area contributed by atoms with Crippen molar-refractivity contribution in [2.75, 3.05) is 11.1 Å². The molecule has 0 spiro atoms. The molecule has 0 aliphatic heterocycles. The van der Waals surface area contributed by atoms with Gasteiger partial charge in [-0.3, -0.25) is 0 Å². The van der Waals surface area contributed by atoms with Crippen LogP contribution in [0, 0.1) is 18.6 Å². The number of nitrogens with two attached hydrogens (primary N) is 1. The smallest absolute Gasteiger partial charge is 0.222 e. The standard InChI is InChI=1S/C18H14F2N6O/c1-9-6-15(26-18(21)24-9)25-10-7-12(19)16(13(20)8-10)27-14-3-5-23-17-11(14)2-4-22-17/h2-8H,1H3,(H,22,23)(H3,21,24,25,26). The molecule has 27 heavy (non-hydrogen) atoms. The Bertz CT molecular complexity index is 1100. The molecule has 0 fully saturated rings. The van der Waals surface area contributed by atoms with Gasteiger partial charge in [-0.05, 0) is 19.1 Å². The molecule has 0 saturated heterocycles. The maximum absolute atomic E-state index is 14.5. The predicted molar refractivity (Wildman–Crippen MR) is 97.0 cm³/mol. The van der Waals surface area contributed by atoms with Crippen molar-refractivity contribution in [2.24, 2.45) is 0 Å². The number of aromatic nitrogens is 4. The number of nitrogens with zero attached hydrogens (tertiary/aromatic N) is 3. The number of hydrogen-bond acceptors (Lipinski definition) is 6. The molecule has 4 rings (SSSR count). The van der Waals surface area contributed by atoms with E-state index in [2.05, 4.69) is 25.3 Å². The molecule has 0 aliphatic carbocycles. The van der Waals surface area contributed by atoms with Gasteiger partial charge in [0.2, 0.25) is 5.95 Å². The molecule has 3 aromatic heterocycles. The average molecular weight is 368 g/mol. The van der Waals surface area contributed by atoms with Crippen molar-refractivity contribution in [3.63, 3.8) is 0 Å². The lowest BCUT2D eigenvalue weighted by atomic mass is 10.2. The van der Waals surface area contributed by atoms with Crippen LogP contribution in [0.3, 0.4) is 0 Å². The second kappa shape index (κ2) is 6.52. The van der Waals surface area contributed by atoms with Crippen LogP contribution in [0.2, 0.25) is 0 Å². The van der Waals surface area contributed by atoms with E-state index in [1.165, 1.54) is 12.3 Å². The molecule has 7 nitrogen and oxygen atoms in total. The van der Waals surface area contributed by atoms with Crippen molar-refractivity contribution in [2.45, 2.75) is 6.92 Å². The van der Waals surface area contributed by atoms with Crippen LogP contribution in [-0.4, -0.2) is 19.9 Å². The molecule has 9 heteroatoms. The van der Waals surface area contributed by atoms with Gasteiger partial charge in [0.15, 0.2) is 17.4 Å². The molecular weight excluding hydrogens is 354 g/mol. The van der Waals surface area contributed by atoms with E-state index in [0.717, 1.165) is 12.1 Å². The largest absolute Gasteiger partial charge is 0.450 e. The van der Waals surface area contributed by atoms with Crippen LogP contribution in [-0.2, 0) is 0 Å². The number of nitrogens with one attached hydrogen (secondary N) is 2. The SMILES string of the molecule is Cc1cc(Nc2cc(F)c(Oc3ccnc4[nH]ccc34)c(F)c2)nc(N)n1. The Morgan fingerprint density at radius 1 is 1.11 bits per heavy atom. The minimum absolute atomic E-state index is 0.0617. The van der Waals surface area contributed by atoms with Crippen molar-refractivity contribution in [3.8, 4) is 11.5 Å². The summed E-state index contributed by atoms with van der Waals surface area (Å²) < 4.78 is 34.5. The van der Waals surface area contributed by atoms with Gasteiger partial charge in [0, 0.05) is 42.0 Å². The van der Waals surface area contributed by atoms with Crippen molar-refractivity contribution in [3.05, 3.63) is 60.1 Å². The van der Waals surface area contributed by atoms with E-state index in [1.807, 2.05) is 0 Å². The van der Waals surface area contributed by atoms with Gasteiger partial charge in [0.05, 0.1) is 5.39 Å². The zero-order chi connectivity index (χ0) is 19.0. The van der Waals surface area contributed by atoms with Crippen LogP contribution in [0.5, 0.6) is 11.5 Å². The van der Waals surface area contributed by atoms with Crippen LogP contribution in [0.4, 0.5) is 26.2 Å². The summed E-state index contributed by atoms with van der Waals surface area (Å²) in [5.41, 5.74) is 6.93. The first-order valence-electron chi connectivity index (χ1n) is 7.97. The molecule has 4 N–H and O–H groups in total. The third-order valence-corrected chi connectivity index (χ3v) is 3.77. The lowest BCUT2D eigenvalue weighted by Crippen LogP contribution is -2.02. The number of hydrogen-bond donors (Lipinski definition) is 3. The number of aromatic amines is 1. The Balaban J connectivity index is 1.65. The Kier molecular flexibility index (Phi) is 4.03. The zero-order valence-electron chi connectivity index (χ0n) is 14.1. The highest BCUT2D eigenvalue weighted by molar-refractivity contribution is 5.82. The second-order valence-electron chi connectivity index (χ2n) is 5.80. The Hall–Kier alpha value is -3.75. The fourth-order valence-corrected chi connectivity index (χ4v) is 2.67. The third kappa shape index (κ3) is 3.34. The Morgan fingerprint density at radius 2 is 1.89 bits per heavy atom. The molecule has 0 aliphatic rings. The summed E-state index contributed by atoms with van der Waals surface area (Å²) in [6.45, 7) is 1.73. The van der Waals surface area contributed by atoms with Crippen molar-refractivity contribution < 1.29 is 13.5 Å². The highest BCUT2D eigenvalue weighted by Gasteiger charge is 2.16. The van der Waals surface area contributed by atoms with Crippen LogP contribution in [0.25, 0.3) is 11.0 Å². The molecule has 4 aromatic rings. The number of pyridine rings is 1. The van der Waals surface area contributed by atoms with E-state index in [1.54, 1.807) is 25.3 Å². The number of H-pyrrole nitrogens is 1. The molecule has 0 radical (unpaired) electrons. The average Bonchev–Trinajstić information content (AvgIpc) is 3.06. The second-order valence-corrected chi connectivity index (χ2v) is 5.80. The van der Waals surface area contributed by atoms with Crippen LogP contribution < -0.4 is 15.8 Å². The molecule has 0 bridgehead atoms. The van der Waals surface area contributed by atoms with Gasteiger partial charge in [-0.15, -0.1) is 0 Å². The lowest BCUT2D eigenvalue weighted by molar-refractivity contribution is 0.411. The maximum Gasteiger partial charge on any atom is 0.222 e. The van der Waals surface area contributed by atoms with Gasteiger partial charge < -0.3 is 20.8 Å². The van der Waals surface area contributed by atoms with Crippen LogP contribution >= 0.6 is 0 Å². The van der Waals surface area contributed by atoms with Crippen LogP contribution in [0.15, 0.2) is 42.7 Å². The van der Waals surface area contributed by atoms with Gasteiger partial charge in [-0.2, -0.15) is 4.98 Å². The zero-order valence-corrected chi connectivity index (χ0v) is 14.1. The van der Waals surface area contributed by atoms with Crippen molar-refractivity contribution in [1.82, 2.24) is 19.9 Å². The highest BCUT2D eigenvalue weighted by Crippen LogP contribution is 2.34. The summed E-state index contributed by atoms with van der Waals surface area (Å²) in [6, 6.07) is 7.08. The van der Waals surface area contributed by atoms with E-state index in [-0.39, 0.29) is 11.6 Å². The number of nitrogen functional groups attached to an aromatic ring is 1. The van der Waals surface area contributed by atoms with Gasteiger partial charge in [0.25, 0.3) is 0 Å². The monoisotopic (exact) mass is 368 g/mol. The topological polar surface area (TPSA) is 102 Å². The first-order chi connectivity index (χ1) is 13.0. The Morgan fingerprint density at radius 3 is 2.63 bits per heavy atom.